The summed E-state index contributed by atoms with van der Waals surface area (Å²) in [4.78, 5) is 25.8. The van der Waals surface area contributed by atoms with Gasteiger partial charge in [-0.2, -0.15) is 4.39 Å². The number of hydrogen-bond acceptors (Lipinski definition) is 4. The normalized spacial score (nSPS) is 18.6. The molecule has 0 radical (unpaired) electrons. The summed E-state index contributed by atoms with van der Waals surface area (Å²) in [6, 6.07) is 3.54. The van der Waals surface area contributed by atoms with E-state index in [9.17, 15) is 19.3 Å². The van der Waals surface area contributed by atoms with Crippen LogP contribution in [0.3, 0.4) is 0 Å². The van der Waals surface area contributed by atoms with E-state index in [2.05, 4.69) is 0 Å². The molecule has 1 aromatic carbocycles. The molecule has 1 amide bonds. The molecule has 1 fully saturated rings. The Morgan fingerprint density at radius 2 is 2.20 bits per heavy atom. The van der Waals surface area contributed by atoms with Gasteiger partial charge in [0.25, 0.3) is 5.91 Å². The van der Waals surface area contributed by atoms with E-state index in [0.29, 0.717) is 13.1 Å². The van der Waals surface area contributed by atoms with Gasteiger partial charge in [0.05, 0.1) is 4.92 Å². The highest BCUT2D eigenvalue weighted by molar-refractivity contribution is 5.95. The van der Waals surface area contributed by atoms with E-state index in [1.807, 2.05) is 19.0 Å². The molecule has 1 aliphatic rings. The van der Waals surface area contributed by atoms with Crippen LogP contribution in [-0.2, 0) is 0 Å². The maximum Gasteiger partial charge on any atom is 0.305 e. The predicted molar refractivity (Wildman–Crippen MR) is 71.0 cm³/mol. The van der Waals surface area contributed by atoms with Crippen molar-refractivity contribution in [3.05, 3.63) is 39.7 Å². The fourth-order valence-electron chi connectivity index (χ4n) is 2.32. The van der Waals surface area contributed by atoms with Crippen molar-refractivity contribution in [2.24, 2.45) is 0 Å². The molecule has 0 aliphatic carbocycles. The van der Waals surface area contributed by atoms with E-state index in [1.165, 1.54) is 6.07 Å². The van der Waals surface area contributed by atoms with E-state index in [1.54, 1.807) is 4.90 Å². The molecule has 1 saturated heterocycles. The van der Waals surface area contributed by atoms with Gasteiger partial charge in [0.15, 0.2) is 0 Å². The zero-order valence-electron chi connectivity index (χ0n) is 11.4. The molecule has 1 atom stereocenters. The summed E-state index contributed by atoms with van der Waals surface area (Å²) in [7, 11) is 3.89. The number of likely N-dealkylation sites (tertiary alicyclic amines) is 1. The maximum absolute atomic E-state index is 13.3. The van der Waals surface area contributed by atoms with Gasteiger partial charge < -0.3 is 9.80 Å². The number of carbonyl (C=O) groups excluding carboxylic acids is 1. The first-order valence-corrected chi connectivity index (χ1v) is 6.30. The standard InChI is InChI=1S/C13H16FN3O3/c1-15(2)10-5-6-16(8-10)13(18)9-3-4-11(14)12(7-9)17(19)20/h3-4,7,10H,5-6,8H2,1-2H3. The molecule has 1 heterocycles. The molecule has 7 heteroatoms. The van der Waals surface area contributed by atoms with Crippen LogP contribution >= 0.6 is 0 Å². The van der Waals surface area contributed by atoms with E-state index < -0.39 is 16.4 Å². The summed E-state index contributed by atoms with van der Waals surface area (Å²) >= 11 is 0. The molecule has 20 heavy (non-hydrogen) atoms. The topological polar surface area (TPSA) is 66.7 Å². The molecule has 2 rings (SSSR count). The third-order valence-corrected chi connectivity index (χ3v) is 3.57. The zero-order valence-corrected chi connectivity index (χ0v) is 11.4. The van der Waals surface area contributed by atoms with Gasteiger partial charge in [-0.05, 0) is 32.6 Å². The van der Waals surface area contributed by atoms with Gasteiger partial charge in [-0.1, -0.05) is 0 Å². The fourth-order valence-corrected chi connectivity index (χ4v) is 2.32. The van der Waals surface area contributed by atoms with Crippen LogP contribution in [0.5, 0.6) is 0 Å². The third kappa shape index (κ3) is 2.77. The van der Waals surface area contributed by atoms with Crippen molar-refractivity contribution in [2.45, 2.75) is 12.5 Å². The highest BCUT2D eigenvalue weighted by atomic mass is 19.1. The van der Waals surface area contributed by atoms with Crippen LogP contribution < -0.4 is 0 Å². The first kappa shape index (κ1) is 14.4. The molecular weight excluding hydrogens is 265 g/mol. The van der Waals surface area contributed by atoms with E-state index in [0.717, 1.165) is 18.6 Å². The first-order chi connectivity index (χ1) is 9.40. The average Bonchev–Trinajstić information content (AvgIpc) is 2.87. The van der Waals surface area contributed by atoms with Crippen LogP contribution in [0.25, 0.3) is 0 Å². The summed E-state index contributed by atoms with van der Waals surface area (Å²) in [6.07, 6.45) is 0.863. The number of nitrogens with zero attached hydrogens (tertiary/aromatic N) is 3. The summed E-state index contributed by atoms with van der Waals surface area (Å²) < 4.78 is 13.3. The smallest absolute Gasteiger partial charge is 0.305 e. The number of carbonyl (C=O) groups is 1. The van der Waals surface area contributed by atoms with E-state index in [4.69, 9.17) is 0 Å². The molecule has 0 bridgehead atoms. The van der Waals surface area contributed by atoms with Crippen molar-refractivity contribution >= 4 is 11.6 Å². The van der Waals surface area contributed by atoms with Gasteiger partial charge in [0, 0.05) is 30.8 Å². The summed E-state index contributed by atoms with van der Waals surface area (Å²) in [5, 5.41) is 10.7. The monoisotopic (exact) mass is 281 g/mol. The van der Waals surface area contributed by atoms with Crippen LogP contribution in [0.4, 0.5) is 10.1 Å². The van der Waals surface area contributed by atoms with Gasteiger partial charge in [0.2, 0.25) is 5.82 Å². The number of halogens is 1. The van der Waals surface area contributed by atoms with Crippen molar-refractivity contribution in [2.75, 3.05) is 27.2 Å². The Bertz CT molecular complexity index is 548. The lowest BCUT2D eigenvalue weighted by atomic mass is 10.1. The van der Waals surface area contributed by atoms with Gasteiger partial charge >= 0.3 is 5.69 Å². The molecule has 1 unspecified atom stereocenters. The minimum atomic E-state index is -0.931. The summed E-state index contributed by atoms with van der Waals surface area (Å²) in [6.45, 7) is 1.18. The lowest BCUT2D eigenvalue weighted by molar-refractivity contribution is -0.387. The number of rotatable bonds is 3. The number of nitro benzene ring substituents is 1. The van der Waals surface area contributed by atoms with Crippen molar-refractivity contribution in [3.63, 3.8) is 0 Å². The second-order valence-electron chi connectivity index (χ2n) is 5.08. The number of benzene rings is 1. The van der Waals surface area contributed by atoms with Crippen LogP contribution in [0, 0.1) is 15.9 Å². The lowest BCUT2D eigenvalue weighted by Crippen LogP contribution is -2.34. The van der Waals surface area contributed by atoms with Crippen LogP contribution in [0.1, 0.15) is 16.8 Å². The Morgan fingerprint density at radius 1 is 1.50 bits per heavy atom. The summed E-state index contributed by atoms with van der Waals surface area (Å²) in [5.74, 6) is -1.23. The number of hydrogen-bond donors (Lipinski definition) is 0. The Hall–Kier alpha value is -2.02. The second kappa shape index (κ2) is 5.54. The average molecular weight is 281 g/mol. The van der Waals surface area contributed by atoms with Crippen molar-refractivity contribution in [1.82, 2.24) is 9.80 Å². The van der Waals surface area contributed by atoms with Gasteiger partial charge in [-0.25, -0.2) is 0 Å². The number of likely N-dealkylation sites (N-methyl/N-ethyl adjacent to an activating group) is 1. The number of amides is 1. The Morgan fingerprint density at radius 3 is 2.75 bits per heavy atom. The summed E-state index contributed by atoms with van der Waals surface area (Å²) in [5.41, 5.74) is -0.517. The Kier molecular flexibility index (Phi) is 3.99. The van der Waals surface area contributed by atoms with Gasteiger partial charge in [0.1, 0.15) is 0 Å². The largest absolute Gasteiger partial charge is 0.337 e. The Balaban J connectivity index is 2.18. The highest BCUT2D eigenvalue weighted by Crippen LogP contribution is 2.21. The molecule has 0 N–H and O–H groups in total. The van der Waals surface area contributed by atoms with Crippen molar-refractivity contribution in [3.8, 4) is 0 Å². The third-order valence-electron chi connectivity index (χ3n) is 3.57. The SMILES string of the molecule is CN(C)C1CCN(C(=O)c2ccc(F)c([N+](=O)[O-])c2)C1. The van der Waals surface area contributed by atoms with E-state index in [-0.39, 0.29) is 17.5 Å². The van der Waals surface area contributed by atoms with Crippen LogP contribution in [0.2, 0.25) is 0 Å². The fraction of sp³-hybridized carbons (Fsp3) is 0.462. The molecule has 108 valence electrons. The van der Waals surface area contributed by atoms with Crippen molar-refractivity contribution in [1.29, 1.82) is 0 Å². The molecule has 0 aromatic heterocycles. The first-order valence-electron chi connectivity index (χ1n) is 6.30. The van der Waals surface area contributed by atoms with Crippen LogP contribution in [-0.4, -0.2) is 53.9 Å². The van der Waals surface area contributed by atoms with Crippen molar-refractivity contribution < 1.29 is 14.1 Å². The zero-order chi connectivity index (χ0) is 14.9. The molecular formula is C13H16FN3O3. The number of nitro groups is 1. The minimum Gasteiger partial charge on any atom is -0.337 e. The van der Waals surface area contributed by atoms with Crippen LogP contribution in [0.15, 0.2) is 18.2 Å². The maximum atomic E-state index is 13.3. The minimum absolute atomic E-state index is 0.150. The van der Waals surface area contributed by atoms with Gasteiger partial charge in [-0.3, -0.25) is 14.9 Å². The molecule has 6 nitrogen and oxygen atoms in total. The molecule has 0 saturated carbocycles. The second-order valence-corrected chi connectivity index (χ2v) is 5.08. The Labute approximate surface area is 115 Å². The lowest BCUT2D eigenvalue weighted by Gasteiger charge is -2.20. The highest BCUT2D eigenvalue weighted by Gasteiger charge is 2.29. The van der Waals surface area contributed by atoms with E-state index >= 15 is 0 Å². The quantitative estimate of drug-likeness (QED) is 0.622. The molecule has 0 spiro atoms. The molecule has 1 aliphatic heterocycles. The van der Waals surface area contributed by atoms with Gasteiger partial charge in [-0.15, -0.1) is 0 Å². The predicted octanol–water partition coefficient (Wildman–Crippen LogP) is 1.51. The molecule has 1 aromatic rings.